The van der Waals surface area contributed by atoms with E-state index in [9.17, 15) is 9.90 Å². The number of phenols is 1. The number of hydrogen-bond donors (Lipinski definition) is 3. The van der Waals surface area contributed by atoms with Crippen molar-refractivity contribution in [3.05, 3.63) is 65.9 Å². The van der Waals surface area contributed by atoms with Gasteiger partial charge in [-0.15, -0.1) is 0 Å². The molecule has 2 aromatic rings. The molecule has 1 amide bonds. The summed E-state index contributed by atoms with van der Waals surface area (Å²) >= 11 is 0. The highest BCUT2D eigenvalue weighted by molar-refractivity contribution is 6.07. The van der Waals surface area contributed by atoms with Crippen molar-refractivity contribution >= 4 is 17.3 Å². The number of nitrogens with zero attached hydrogens (tertiary/aromatic N) is 1. The molecule has 0 aliphatic rings. The fourth-order valence-electron chi connectivity index (χ4n) is 1.91. The Balaban J connectivity index is 2.07. The van der Waals surface area contributed by atoms with Crippen LogP contribution >= 0.6 is 0 Å². The van der Waals surface area contributed by atoms with Crippen molar-refractivity contribution in [3.63, 3.8) is 0 Å². The fraction of sp³-hybridized carbons (Fsp3) is 0.111. The Kier molecular flexibility index (Phi) is 5.37. The monoisotopic (exact) mass is 307 g/mol. The molecule has 5 nitrogen and oxygen atoms in total. The summed E-state index contributed by atoms with van der Waals surface area (Å²) in [6.07, 6.45) is 2.29. The number of amides is 1. The van der Waals surface area contributed by atoms with Gasteiger partial charge in [0.1, 0.15) is 17.4 Å². The van der Waals surface area contributed by atoms with Crippen LogP contribution in [0.15, 0.2) is 60.3 Å². The Hall–Kier alpha value is -3.26. The first-order chi connectivity index (χ1) is 11.1. The number of hydrogen-bond acceptors (Lipinski definition) is 4. The van der Waals surface area contributed by atoms with Crippen LogP contribution in [0.1, 0.15) is 12.5 Å². The lowest BCUT2D eigenvalue weighted by molar-refractivity contribution is -0.112. The number of benzene rings is 2. The third-order valence-corrected chi connectivity index (χ3v) is 3.26. The maximum absolute atomic E-state index is 12.1. The van der Waals surface area contributed by atoms with Crippen LogP contribution in [0.5, 0.6) is 5.75 Å². The van der Waals surface area contributed by atoms with Crippen LogP contribution < -0.4 is 10.6 Å². The van der Waals surface area contributed by atoms with E-state index in [1.165, 1.54) is 17.8 Å². The minimum atomic E-state index is -0.591. The van der Waals surface area contributed by atoms with E-state index in [0.717, 1.165) is 12.1 Å². The van der Waals surface area contributed by atoms with Gasteiger partial charge in [-0.3, -0.25) is 4.79 Å². The molecule has 0 aliphatic heterocycles. The summed E-state index contributed by atoms with van der Waals surface area (Å²) in [4.78, 5) is 12.1. The van der Waals surface area contributed by atoms with Crippen molar-refractivity contribution in [1.29, 1.82) is 5.26 Å². The minimum Gasteiger partial charge on any atom is -0.506 e. The lowest BCUT2D eigenvalue weighted by Gasteiger charge is -2.07. The number of carbonyl (C=O) groups excluding carboxylic acids is 1. The highest BCUT2D eigenvalue weighted by atomic mass is 16.3. The Morgan fingerprint density at radius 1 is 1.22 bits per heavy atom. The molecule has 0 heterocycles. The topological polar surface area (TPSA) is 85.2 Å². The summed E-state index contributed by atoms with van der Waals surface area (Å²) in [5, 5.41) is 24.2. The Morgan fingerprint density at radius 2 is 1.91 bits per heavy atom. The van der Waals surface area contributed by atoms with Gasteiger partial charge in [-0.25, -0.2) is 0 Å². The van der Waals surface area contributed by atoms with Crippen molar-refractivity contribution in [2.45, 2.75) is 13.3 Å². The van der Waals surface area contributed by atoms with Crippen LogP contribution in [-0.2, 0) is 11.2 Å². The van der Waals surface area contributed by atoms with E-state index in [2.05, 4.69) is 17.6 Å². The number of phenolic OH excluding ortho intramolecular Hbond substituents is 1. The number of aromatic hydroxyl groups is 1. The lowest BCUT2D eigenvalue weighted by Crippen LogP contribution is -2.14. The molecular formula is C18H17N3O2. The van der Waals surface area contributed by atoms with Crippen molar-refractivity contribution in [3.8, 4) is 11.8 Å². The first-order valence-corrected chi connectivity index (χ1v) is 7.19. The van der Waals surface area contributed by atoms with Crippen molar-refractivity contribution in [1.82, 2.24) is 0 Å². The molecule has 2 rings (SSSR count). The number of carbonyl (C=O) groups is 1. The first kappa shape index (κ1) is 16.1. The molecule has 0 saturated heterocycles. The Bertz CT molecular complexity index is 759. The standard InChI is InChI=1S/C18H17N3O2/c1-2-13-7-9-15(10-8-13)20-12-14(11-19)18(23)21-16-5-3-4-6-17(16)22/h3-10,12,20,22H,2H2,1H3,(H,21,23)/b14-12-. The number of para-hydroxylation sites is 2. The van der Waals surface area contributed by atoms with Gasteiger partial charge < -0.3 is 15.7 Å². The van der Waals surface area contributed by atoms with Gasteiger partial charge in [-0.2, -0.15) is 5.26 Å². The summed E-state index contributed by atoms with van der Waals surface area (Å²) in [7, 11) is 0. The zero-order chi connectivity index (χ0) is 16.7. The molecule has 0 spiro atoms. The zero-order valence-electron chi connectivity index (χ0n) is 12.7. The second kappa shape index (κ2) is 7.66. The van der Waals surface area contributed by atoms with Crippen molar-refractivity contribution in [2.75, 3.05) is 10.6 Å². The molecule has 5 heteroatoms. The second-order valence-corrected chi connectivity index (χ2v) is 4.84. The first-order valence-electron chi connectivity index (χ1n) is 7.19. The number of nitrogens with one attached hydrogen (secondary N) is 2. The summed E-state index contributed by atoms with van der Waals surface area (Å²) in [5.74, 6) is -0.645. The molecule has 0 bridgehead atoms. The summed E-state index contributed by atoms with van der Waals surface area (Å²) in [6.45, 7) is 2.07. The van der Waals surface area contributed by atoms with Crippen LogP contribution in [0, 0.1) is 11.3 Å². The van der Waals surface area contributed by atoms with Crippen molar-refractivity contribution in [2.24, 2.45) is 0 Å². The molecule has 116 valence electrons. The van der Waals surface area contributed by atoms with E-state index in [4.69, 9.17) is 5.26 Å². The maximum Gasteiger partial charge on any atom is 0.267 e. The Labute approximate surface area is 134 Å². The van der Waals surface area contributed by atoms with Crippen molar-refractivity contribution < 1.29 is 9.90 Å². The Morgan fingerprint density at radius 3 is 2.52 bits per heavy atom. The summed E-state index contributed by atoms with van der Waals surface area (Å²) in [6, 6.07) is 15.9. The van der Waals surface area contributed by atoms with E-state index in [1.54, 1.807) is 18.2 Å². The number of rotatable bonds is 5. The van der Waals surface area contributed by atoms with Gasteiger partial charge in [0.05, 0.1) is 5.69 Å². The molecule has 0 unspecified atom stereocenters. The van der Waals surface area contributed by atoms with E-state index in [0.29, 0.717) is 0 Å². The van der Waals surface area contributed by atoms with E-state index < -0.39 is 5.91 Å². The molecule has 0 radical (unpaired) electrons. The predicted octanol–water partition coefficient (Wildman–Crippen LogP) is 3.41. The van der Waals surface area contributed by atoms with Crippen LogP contribution in [-0.4, -0.2) is 11.0 Å². The van der Waals surface area contributed by atoms with Gasteiger partial charge in [-0.1, -0.05) is 31.2 Å². The molecule has 0 aromatic heterocycles. The van der Waals surface area contributed by atoms with Crippen LogP contribution in [0.25, 0.3) is 0 Å². The number of aryl methyl sites for hydroxylation is 1. The lowest BCUT2D eigenvalue weighted by atomic mass is 10.1. The van der Waals surface area contributed by atoms with Gasteiger partial charge >= 0.3 is 0 Å². The van der Waals surface area contributed by atoms with E-state index in [1.807, 2.05) is 30.3 Å². The van der Waals surface area contributed by atoms with Gasteiger partial charge in [0, 0.05) is 11.9 Å². The van der Waals surface area contributed by atoms with Gasteiger partial charge in [0.25, 0.3) is 5.91 Å². The van der Waals surface area contributed by atoms with Gasteiger partial charge in [0.15, 0.2) is 0 Å². The van der Waals surface area contributed by atoms with Gasteiger partial charge in [-0.05, 0) is 36.2 Å². The molecule has 0 saturated carbocycles. The minimum absolute atomic E-state index is 0.0544. The fourth-order valence-corrected chi connectivity index (χ4v) is 1.91. The molecule has 0 fully saturated rings. The number of anilines is 2. The average molecular weight is 307 g/mol. The third-order valence-electron chi connectivity index (χ3n) is 3.26. The third kappa shape index (κ3) is 4.35. The van der Waals surface area contributed by atoms with Crippen LogP contribution in [0.3, 0.4) is 0 Å². The molecular weight excluding hydrogens is 290 g/mol. The largest absolute Gasteiger partial charge is 0.506 e. The van der Waals surface area contributed by atoms with E-state index in [-0.39, 0.29) is 17.0 Å². The molecule has 0 atom stereocenters. The molecule has 0 aliphatic carbocycles. The molecule has 2 aromatic carbocycles. The highest BCUT2D eigenvalue weighted by Crippen LogP contribution is 2.22. The van der Waals surface area contributed by atoms with E-state index >= 15 is 0 Å². The highest BCUT2D eigenvalue weighted by Gasteiger charge is 2.11. The van der Waals surface area contributed by atoms with Crippen LogP contribution in [0.4, 0.5) is 11.4 Å². The molecule has 3 N–H and O–H groups in total. The zero-order valence-corrected chi connectivity index (χ0v) is 12.7. The second-order valence-electron chi connectivity index (χ2n) is 4.84. The van der Waals surface area contributed by atoms with Crippen LogP contribution in [0.2, 0.25) is 0 Å². The molecule has 23 heavy (non-hydrogen) atoms. The average Bonchev–Trinajstić information content (AvgIpc) is 2.58. The smallest absolute Gasteiger partial charge is 0.267 e. The quantitative estimate of drug-likeness (QED) is 0.449. The maximum atomic E-state index is 12.1. The summed E-state index contributed by atoms with van der Waals surface area (Å²) in [5.41, 5.74) is 2.15. The normalized spacial score (nSPS) is 10.7. The van der Waals surface area contributed by atoms with Gasteiger partial charge in [0.2, 0.25) is 0 Å². The SMILES string of the molecule is CCc1ccc(N/C=C(/C#N)C(=O)Nc2ccccc2O)cc1. The predicted molar refractivity (Wildman–Crippen MR) is 89.9 cm³/mol. The summed E-state index contributed by atoms with van der Waals surface area (Å²) < 4.78 is 0. The number of nitriles is 1.